The molecule has 3 aromatic rings. The first-order valence-corrected chi connectivity index (χ1v) is 13.2. The van der Waals surface area contributed by atoms with Crippen molar-refractivity contribution in [1.82, 2.24) is 10.3 Å². The molecule has 6 heteroatoms. The lowest BCUT2D eigenvalue weighted by molar-refractivity contribution is 0.0922. The maximum Gasteiger partial charge on any atom is 0.252 e. The van der Waals surface area contributed by atoms with E-state index in [1.165, 1.54) is 17.7 Å². The first-order valence-electron chi connectivity index (χ1n) is 13.2. The van der Waals surface area contributed by atoms with Gasteiger partial charge in [-0.3, -0.25) is 4.79 Å². The monoisotopic (exact) mass is 498 g/mol. The van der Waals surface area contributed by atoms with Gasteiger partial charge in [0, 0.05) is 28.7 Å². The molecule has 5 nitrogen and oxygen atoms in total. The molecule has 0 spiro atoms. The molecule has 2 aliphatic carbocycles. The molecule has 3 atom stereocenters. The number of hydrogen-bond donors (Lipinski definition) is 3. The molecule has 0 aliphatic heterocycles. The molecule has 2 aliphatic rings. The van der Waals surface area contributed by atoms with E-state index in [1.807, 2.05) is 30.5 Å². The topological polar surface area (TPSA) is 83.3 Å². The van der Waals surface area contributed by atoms with Gasteiger partial charge < -0.3 is 16.0 Å². The lowest BCUT2D eigenvalue weighted by atomic mass is 9.67. The summed E-state index contributed by atoms with van der Waals surface area (Å²) in [6.07, 6.45) is 11.5. The molecule has 0 bridgehead atoms. The molecule has 2 aromatic carbocycles. The van der Waals surface area contributed by atoms with Crippen molar-refractivity contribution >= 4 is 28.2 Å². The summed E-state index contributed by atoms with van der Waals surface area (Å²) in [4.78, 5) is 21.3. The molecule has 192 valence electrons. The van der Waals surface area contributed by atoms with E-state index in [4.69, 9.17) is 10.7 Å². The standard InChI is InChI=1S/C31H35FN4O/c1-3-5-25(36-30(37)27-6-4-7-28-26(27)14-15-34-28)16-21-8-9-22-17-29(20(19-33)18-31(21,22)2)35-24-12-10-23(32)11-13-24/h4,6-7,10-15,17,19,21,25,34H,3,5,8-9,16,18,33H2,1-2H3,(H,36,37)/t21-,25?,31-/m1/s1. The zero-order chi connectivity index (χ0) is 26.0. The Morgan fingerprint density at radius 3 is 2.84 bits per heavy atom. The molecule has 1 aromatic heterocycles. The zero-order valence-corrected chi connectivity index (χ0v) is 21.6. The summed E-state index contributed by atoms with van der Waals surface area (Å²) in [6.45, 7) is 4.50. The number of nitrogens with two attached hydrogens (primary N) is 1. The zero-order valence-electron chi connectivity index (χ0n) is 21.6. The van der Waals surface area contributed by atoms with Crippen molar-refractivity contribution in [3.05, 3.63) is 89.5 Å². The fourth-order valence-corrected chi connectivity index (χ4v) is 6.20. The van der Waals surface area contributed by atoms with E-state index in [0.717, 1.165) is 60.7 Å². The molecule has 1 amide bonds. The predicted octanol–water partition coefficient (Wildman–Crippen LogP) is 6.96. The number of hydrogen-bond acceptors (Lipinski definition) is 3. The number of aliphatic imine (C=N–C) groups is 1. The van der Waals surface area contributed by atoms with Crippen molar-refractivity contribution in [2.24, 2.45) is 22.1 Å². The number of halogens is 1. The molecule has 1 fully saturated rings. The Labute approximate surface area is 217 Å². The Kier molecular flexibility index (Phi) is 7.00. The first kappa shape index (κ1) is 25.0. The Bertz CT molecular complexity index is 1380. The summed E-state index contributed by atoms with van der Waals surface area (Å²) >= 11 is 0. The van der Waals surface area contributed by atoms with Crippen molar-refractivity contribution in [3.63, 3.8) is 0 Å². The molecular formula is C31H35FN4O. The number of carbonyl (C=O) groups excluding carboxylic acids is 1. The van der Waals surface area contributed by atoms with Crippen LogP contribution in [0.4, 0.5) is 10.1 Å². The van der Waals surface area contributed by atoms with Crippen LogP contribution in [0.5, 0.6) is 0 Å². The van der Waals surface area contributed by atoms with E-state index in [9.17, 15) is 9.18 Å². The summed E-state index contributed by atoms with van der Waals surface area (Å²) in [5, 5.41) is 4.31. The van der Waals surface area contributed by atoms with Gasteiger partial charge >= 0.3 is 0 Å². The van der Waals surface area contributed by atoms with E-state index in [0.29, 0.717) is 17.2 Å². The van der Waals surface area contributed by atoms with Crippen LogP contribution in [0, 0.1) is 17.2 Å². The molecule has 0 saturated heterocycles. The molecule has 1 heterocycles. The number of carbonyl (C=O) groups is 1. The number of aromatic amines is 1. The van der Waals surface area contributed by atoms with Gasteiger partial charge in [-0.05, 0) is 104 Å². The largest absolute Gasteiger partial charge is 0.404 e. The Morgan fingerprint density at radius 2 is 2.08 bits per heavy atom. The second kappa shape index (κ2) is 10.4. The number of amides is 1. The van der Waals surface area contributed by atoms with E-state index in [1.54, 1.807) is 18.3 Å². The van der Waals surface area contributed by atoms with Crippen LogP contribution >= 0.6 is 0 Å². The van der Waals surface area contributed by atoms with Crippen molar-refractivity contribution in [2.75, 3.05) is 0 Å². The van der Waals surface area contributed by atoms with Crippen LogP contribution in [0.25, 0.3) is 10.9 Å². The van der Waals surface area contributed by atoms with E-state index >= 15 is 0 Å². The van der Waals surface area contributed by atoms with Gasteiger partial charge in [-0.25, -0.2) is 9.38 Å². The summed E-state index contributed by atoms with van der Waals surface area (Å²) in [5.74, 6) is 0.147. The van der Waals surface area contributed by atoms with Gasteiger partial charge in [-0.15, -0.1) is 0 Å². The lowest BCUT2D eigenvalue weighted by Crippen LogP contribution is -2.39. The first-order chi connectivity index (χ1) is 17.9. The van der Waals surface area contributed by atoms with Crippen LogP contribution in [0.3, 0.4) is 0 Å². The number of benzene rings is 2. The number of fused-ring (bicyclic) bond motifs is 2. The predicted molar refractivity (Wildman–Crippen MR) is 148 cm³/mol. The molecule has 1 unspecified atom stereocenters. The minimum atomic E-state index is -0.273. The molecule has 0 radical (unpaired) electrons. The fraction of sp³-hybridized carbons (Fsp3) is 0.355. The quantitative estimate of drug-likeness (QED) is 0.329. The number of rotatable bonds is 7. The molecule has 4 N–H and O–H groups in total. The highest BCUT2D eigenvalue weighted by Crippen LogP contribution is 2.55. The van der Waals surface area contributed by atoms with Crippen LogP contribution in [0.2, 0.25) is 0 Å². The highest BCUT2D eigenvalue weighted by atomic mass is 19.1. The maximum atomic E-state index is 13.3. The summed E-state index contributed by atoms with van der Waals surface area (Å²) in [7, 11) is 0. The fourth-order valence-electron chi connectivity index (χ4n) is 6.20. The van der Waals surface area contributed by atoms with Gasteiger partial charge in [-0.1, -0.05) is 31.9 Å². The number of H-pyrrole nitrogens is 1. The van der Waals surface area contributed by atoms with Crippen LogP contribution in [-0.4, -0.2) is 22.6 Å². The van der Waals surface area contributed by atoms with Crippen molar-refractivity contribution in [1.29, 1.82) is 0 Å². The molecule has 5 rings (SSSR count). The SMILES string of the molecule is CCCC(C[C@H]1CCC2=CC(=Nc3ccc(F)cc3)C(=CN)C[C@@]21C)NC(=O)c1cccc2[nH]ccc12. The number of nitrogens with zero attached hydrogens (tertiary/aromatic N) is 1. The van der Waals surface area contributed by atoms with E-state index < -0.39 is 0 Å². The Morgan fingerprint density at radius 1 is 1.27 bits per heavy atom. The third kappa shape index (κ3) is 4.97. The van der Waals surface area contributed by atoms with E-state index in [2.05, 4.69) is 30.2 Å². The van der Waals surface area contributed by atoms with Crippen LogP contribution in [-0.2, 0) is 0 Å². The third-order valence-electron chi connectivity index (χ3n) is 8.25. The van der Waals surface area contributed by atoms with Crippen LogP contribution < -0.4 is 11.1 Å². The van der Waals surface area contributed by atoms with Crippen molar-refractivity contribution in [2.45, 2.75) is 58.4 Å². The summed E-state index contributed by atoms with van der Waals surface area (Å²) in [5.41, 5.74) is 11.7. The number of aromatic nitrogens is 1. The number of allylic oxidation sites excluding steroid dienone is 3. The van der Waals surface area contributed by atoms with Gasteiger partial charge in [0.15, 0.2) is 0 Å². The average molecular weight is 499 g/mol. The van der Waals surface area contributed by atoms with Gasteiger partial charge in [0.2, 0.25) is 0 Å². The normalized spacial score (nSPS) is 24.3. The maximum absolute atomic E-state index is 13.3. The van der Waals surface area contributed by atoms with Crippen molar-refractivity contribution in [3.8, 4) is 0 Å². The van der Waals surface area contributed by atoms with Gasteiger partial charge in [0.25, 0.3) is 5.91 Å². The van der Waals surface area contributed by atoms with Gasteiger partial charge in [0.1, 0.15) is 5.82 Å². The third-order valence-corrected chi connectivity index (χ3v) is 8.25. The lowest BCUT2D eigenvalue weighted by Gasteiger charge is -2.39. The summed E-state index contributed by atoms with van der Waals surface area (Å²) < 4.78 is 13.3. The minimum Gasteiger partial charge on any atom is -0.404 e. The highest BCUT2D eigenvalue weighted by molar-refractivity contribution is 6.11. The van der Waals surface area contributed by atoms with E-state index in [-0.39, 0.29) is 23.2 Å². The Hall–Kier alpha value is -3.67. The average Bonchev–Trinajstić information content (AvgIpc) is 3.49. The second-order valence-electron chi connectivity index (χ2n) is 10.6. The van der Waals surface area contributed by atoms with Gasteiger partial charge in [0.05, 0.1) is 11.4 Å². The van der Waals surface area contributed by atoms with Crippen LogP contribution in [0.15, 0.2) is 83.1 Å². The van der Waals surface area contributed by atoms with Crippen LogP contribution in [0.1, 0.15) is 62.7 Å². The highest BCUT2D eigenvalue weighted by Gasteiger charge is 2.46. The minimum absolute atomic E-state index is 0.0116. The summed E-state index contributed by atoms with van der Waals surface area (Å²) in [6, 6.07) is 14.1. The second-order valence-corrected chi connectivity index (χ2v) is 10.6. The van der Waals surface area contributed by atoms with Gasteiger partial charge in [-0.2, -0.15) is 0 Å². The molecule has 37 heavy (non-hydrogen) atoms. The smallest absolute Gasteiger partial charge is 0.252 e. The van der Waals surface area contributed by atoms with Crippen molar-refractivity contribution < 1.29 is 9.18 Å². The number of nitrogens with one attached hydrogen (secondary N) is 2. The Balaban J connectivity index is 1.36. The molecular weight excluding hydrogens is 463 g/mol. The molecule has 1 saturated carbocycles.